The minimum absolute atomic E-state index is 0. The van der Waals surface area contributed by atoms with Crippen LogP contribution in [-0.4, -0.2) is 24.3 Å². The van der Waals surface area contributed by atoms with Crippen molar-refractivity contribution in [1.82, 2.24) is 0 Å². The molecule has 0 bridgehead atoms. The second-order valence-electron chi connectivity index (χ2n) is 3.74. The van der Waals surface area contributed by atoms with E-state index in [1.54, 1.807) is 0 Å². The van der Waals surface area contributed by atoms with E-state index in [4.69, 9.17) is 5.73 Å². The standard InChI is InChI=1S/C10H8Br2F5NO2.ClH/c1-20-4-2-3(5(11)6(12)7(4)19)8(18)9(13,14)10(15,16)17;/h2,8,19H,18H2,1H3;1H/t8-;/m1./s1. The summed E-state index contributed by atoms with van der Waals surface area (Å²) < 4.78 is 67.8. The Kier molecular flexibility index (Phi) is 6.74. The number of rotatable bonds is 3. The lowest BCUT2D eigenvalue weighted by molar-refractivity contribution is -0.291. The Bertz CT molecular complexity index is 527. The third kappa shape index (κ3) is 3.72. The van der Waals surface area contributed by atoms with Crippen LogP contribution in [0, 0.1) is 0 Å². The summed E-state index contributed by atoms with van der Waals surface area (Å²) in [6.07, 6.45) is -5.80. The third-order valence-corrected chi connectivity index (χ3v) is 4.66. The predicted octanol–water partition coefficient (Wildman–Crippen LogP) is 4.55. The van der Waals surface area contributed by atoms with Gasteiger partial charge in [-0.15, -0.1) is 12.4 Å². The zero-order valence-electron chi connectivity index (χ0n) is 10.1. The monoisotopic (exact) mass is 463 g/mol. The van der Waals surface area contributed by atoms with E-state index in [2.05, 4.69) is 36.6 Å². The average molecular weight is 465 g/mol. The number of alkyl halides is 5. The van der Waals surface area contributed by atoms with Gasteiger partial charge in [0.1, 0.15) is 6.04 Å². The van der Waals surface area contributed by atoms with Gasteiger partial charge in [0, 0.05) is 4.47 Å². The van der Waals surface area contributed by atoms with E-state index in [1.807, 2.05) is 0 Å². The van der Waals surface area contributed by atoms with Gasteiger partial charge in [0.25, 0.3) is 0 Å². The summed E-state index contributed by atoms with van der Waals surface area (Å²) in [5, 5.41) is 9.59. The summed E-state index contributed by atoms with van der Waals surface area (Å²) >= 11 is 5.66. The lowest BCUT2D eigenvalue weighted by Crippen LogP contribution is -2.46. The van der Waals surface area contributed by atoms with E-state index in [0.29, 0.717) is 0 Å². The number of phenolic OH excluding ortho intramolecular Hbond substituents is 1. The van der Waals surface area contributed by atoms with Crippen molar-refractivity contribution >= 4 is 44.3 Å². The van der Waals surface area contributed by atoms with Crippen molar-refractivity contribution in [2.24, 2.45) is 5.73 Å². The first-order valence-electron chi connectivity index (χ1n) is 4.90. The predicted molar refractivity (Wildman–Crippen MR) is 75.2 cm³/mol. The molecule has 0 radical (unpaired) electrons. The van der Waals surface area contributed by atoms with Crippen LogP contribution in [0.2, 0.25) is 0 Å². The van der Waals surface area contributed by atoms with Crippen molar-refractivity contribution < 1.29 is 31.8 Å². The molecule has 0 fully saturated rings. The van der Waals surface area contributed by atoms with Gasteiger partial charge in [-0.2, -0.15) is 22.0 Å². The Balaban J connectivity index is 0.00000400. The maximum atomic E-state index is 13.3. The summed E-state index contributed by atoms with van der Waals surface area (Å²) in [5.74, 6) is -5.88. The molecule has 11 heteroatoms. The molecule has 1 aromatic carbocycles. The molecule has 0 saturated heterocycles. The molecule has 3 nitrogen and oxygen atoms in total. The van der Waals surface area contributed by atoms with Crippen LogP contribution in [-0.2, 0) is 0 Å². The highest BCUT2D eigenvalue weighted by Gasteiger charge is 2.62. The van der Waals surface area contributed by atoms with Crippen LogP contribution in [0.5, 0.6) is 11.5 Å². The van der Waals surface area contributed by atoms with Gasteiger partial charge in [-0.1, -0.05) is 0 Å². The Morgan fingerprint density at radius 1 is 1.19 bits per heavy atom. The lowest BCUT2D eigenvalue weighted by Gasteiger charge is -2.27. The van der Waals surface area contributed by atoms with Crippen molar-refractivity contribution in [1.29, 1.82) is 0 Å². The highest BCUT2D eigenvalue weighted by Crippen LogP contribution is 2.49. The molecule has 3 N–H and O–H groups in total. The van der Waals surface area contributed by atoms with Crippen molar-refractivity contribution in [3.63, 3.8) is 0 Å². The lowest BCUT2D eigenvalue weighted by atomic mass is 10.0. The number of phenols is 1. The maximum Gasteiger partial charge on any atom is 0.455 e. The molecule has 21 heavy (non-hydrogen) atoms. The number of ether oxygens (including phenoxy) is 1. The van der Waals surface area contributed by atoms with Crippen LogP contribution >= 0.6 is 44.3 Å². The molecule has 1 atom stereocenters. The molecule has 0 aliphatic heterocycles. The summed E-state index contributed by atoms with van der Waals surface area (Å²) in [6, 6.07) is -1.85. The molecule has 0 unspecified atom stereocenters. The van der Waals surface area contributed by atoms with Crippen molar-refractivity contribution in [2.45, 2.75) is 18.1 Å². The van der Waals surface area contributed by atoms with Crippen LogP contribution < -0.4 is 10.5 Å². The van der Waals surface area contributed by atoms with Gasteiger partial charge in [-0.3, -0.25) is 0 Å². The fourth-order valence-corrected chi connectivity index (χ4v) is 2.34. The van der Waals surface area contributed by atoms with Crippen LogP contribution in [0.4, 0.5) is 22.0 Å². The molecule has 0 aliphatic rings. The molecule has 0 spiro atoms. The highest BCUT2D eigenvalue weighted by atomic mass is 79.9. The molecule has 0 amide bonds. The molecule has 0 saturated carbocycles. The summed E-state index contributed by atoms with van der Waals surface area (Å²) in [5.41, 5.74) is 4.48. The Morgan fingerprint density at radius 2 is 1.67 bits per heavy atom. The Hall–Kier alpha value is -0.320. The molecular formula is C10H9Br2ClF5NO2. The third-order valence-electron chi connectivity index (χ3n) is 2.50. The van der Waals surface area contributed by atoms with Crippen LogP contribution in [0.1, 0.15) is 11.6 Å². The fourth-order valence-electron chi connectivity index (χ4n) is 1.37. The molecule has 0 heterocycles. The molecule has 0 aromatic heterocycles. The van der Waals surface area contributed by atoms with Gasteiger partial charge >= 0.3 is 12.1 Å². The van der Waals surface area contributed by atoms with Crippen molar-refractivity contribution in [2.75, 3.05) is 7.11 Å². The normalized spacial score (nSPS) is 13.6. The molecule has 0 aliphatic carbocycles. The fraction of sp³-hybridized carbons (Fsp3) is 0.400. The number of methoxy groups -OCH3 is 1. The first kappa shape index (κ1) is 20.7. The van der Waals surface area contributed by atoms with Gasteiger partial charge in [0.05, 0.1) is 11.6 Å². The van der Waals surface area contributed by atoms with Crippen molar-refractivity contribution in [3.8, 4) is 11.5 Å². The number of hydrogen-bond acceptors (Lipinski definition) is 3. The first-order chi connectivity index (χ1) is 8.95. The summed E-state index contributed by atoms with van der Waals surface area (Å²) in [6.45, 7) is 0. The topological polar surface area (TPSA) is 55.5 Å². The molecule has 1 rings (SSSR count). The second-order valence-corrected chi connectivity index (χ2v) is 5.33. The van der Waals surface area contributed by atoms with Gasteiger partial charge in [-0.05, 0) is 43.5 Å². The number of halogens is 8. The minimum Gasteiger partial charge on any atom is -0.503 e. The van der Waals surface area contributed by atoms with Crippen molar-refractivity contribution in [3.05, 3.63) is 20.6 Å². The van der Waals surface area contributed by atoms with E-state index in [9.17, 15) is 27.1 Å². The molecular weight excluding hydrogens is 456 g/mol. The van der Waals surface area contributed by atoms with Gasteiger partial charge in [0.2, 0.25) is 0 Å². The summed E-state index contributed by atoms with van der Waals surface area (Å²) in [4.78, 5) is 0. The van der Waals surface area contributed by atoms with Crippen LogP contribution in [0.3, 0.4) is 0 Å². The van der Waals surface area contributed by atoms with E-state index < -0.39 is 29.5 Å². The summed E-state index contributed by atoms with van der Waals surface area (Å²) in [7, 11) is 1.12. The van der Waals surface area contributed by atoms with E-state index in [0.717, 1.165) is 13.2 Å². The zero-order valence-corrected chi connectivity index (χ0v) is 14.1. The van der Waals surface area contributed by atoms with Gasteiger partial charge in [0.15, 0.2) is 11.5 Å². The smallest absolute Gasteiger partial charge is 0.455 e. The van der Waals surface area contributed by atoms with Gasteiger partial charge < -0.3 is 15.6 Å². The Morgan fingerprint density at radius 3 is 2.05 bits per heavy atom. The number of hydrogen-bond donors (Lipinski definition) is 2. The van der Waals surface area contributed by atoms with E-state index in [1.165, 1.54) is 0 Å². The number of benzene rings is 1. The average Bonchev–Trinajstić information content (AvgIpc) is 2.34. The second kappa shape index (κ2) is 6.84. The van der Waals surface area contributed by atoms with Crippen LogP contribution in [0.25, 0.3) is 0 Å². The molecule has 122 valence electrons. The SMILES string of the molecule is COc1cc([C@@H](N)C(F)(F)C(F)(F)F)c(Br)c(Br)c1O.Cl. The van der Waals surface area contributed by atoms with Crippen LogP contribution in [0.15, 0.2) is 15.0 Å². The molecule has 1 aromatic rings. The van der Waals surface area contributed by atoms with E-state index >= 15 is 0 Å². The minimum atomic E-state index is -5.80. The number of nitrogens with two attached hydrogens (primary N) is 1. The maximum absolute atomic E-state index is 13.3. The largest absolute Gasteiger partial charge is 0.503 e. The highest BCUT2D eigenvalue weighted by molar-refractivity contribution is 9.13. The van der Waals surface area contributed by atoms with E-state index in [-0.39, 0.29) is 27.1 Å². The van der Waals surface area contributed by atoms with Gasteiger partial charge in [-0.25, -0.2) is 0 Å². The number of aromatic hydroxyl groups is 1. The zero-order chi connectivity index (χ0) is 15.9. The Labute approximate surface area is 139 Å². The first-order valence-corrected chi connectivity index (χ1v) is 6.48. The quantitative estimate of drug-likeness (QED) is 0.645.